The first-order chi connectivity index (χ1) is 15.5. The van der Waals surface area contributed by atoms with Crippen LogP contribution in [0.5, 0.6) is 11.5 Å². The zero-order valence-corrected chi connectivity index (χ0v) is 20.0. The molecule has 9 heteroatoms. The van der Waals surface area contributed by atoms with Gasteiger partial charge in [-0.25, -0.2) is 9.97 Å². The van der Waals surface area contributed by atoms with Crippen molar-refractivity contribution in [3.63, 3.8) is 0 Å². The number of benzene rings is 1. The number of aromatic nitrogens is 3. The highest BCUT2D eigenvalue weighted by atomic mass is 79.9. The van der Waals surface area contributed by atoms with Crippen molar-refractivity contribution < 1.29 is 19.0 Å². The molecular weight excluding hydrogens is 476 g/mol. The third-order valence-corrected chi connectivity index (χ3v) is 6.61. The van der Waals surface area contributed by atoms with Gasteiger partial charge in [0.1, 0.15) is 27.4 Å². The molecule has 0 saturated heterocycles. The second-order valence-electron chi connectivity index (χ2n) is 7.87. The quantitative estimate of drug-likeness (QED) is 0.473. The molecule has 0 spiro atoms. The van der Waals surface area contributed by atoms with Gasteiger partial charge in [-0.15, -0.1) is 0 Å². The molecule has 170 valence electrons. The predicted octanol–water partition coefficient (Wildman–Crippen LogP) is 4.57. The summed E-state index contributed by atoms with van der Waals surface area (Å²) in [6.45, 7) is 0.528. The second kappa shape index (κ2) is 9.77. The maximum absolute atomic E-state index is 12.1. The lowest BCUT2D eigenvalue weighted by Gasteiger charge is -2.26. The van der Waals surface area contributed by atoms with Crippen LogP contribution in [0, 0.1) is 5.92 Å². The van der Waals surface area contributed by atoms with Crippen LogP contribution in [0.15, 0.2) is 35.2 Å². The van der Waals surface area contributed by atoms with Crippen molar-refractivity contribution in [3.05, 3.63) is 46.6 Å². The van der Waals surface area contributed by atoms with E-state index in [-0.39, 0.29) is 17.8 Å². The molecule has 0 bridgehead atoms. The summed E-state index contributed by atoms with van der Waals surface area (Å²) >= 11 is 3.62. The first-order valence-corrected chi connectivity index (χ1v) is 11.4. The Morgan fingerprint density at radius 2 is 2.09 bits per heavy atom. The van der Waals surface area contributed by atoms with E-state index in [2.05, 4.69) is 30.6 Å². The number of hydrogen-bond acceptors (Lipinski definition) is 7. The number of anilines is 1. The number of fused-ring (bicyclic) bond motifs is 1. The second-order valence-corrected chi connectivity index (χ2v) is 8.62. The van der Waals surface area contributed by atoms with Crippen LogP contribution in [0.2, 0.25) is 0 Å². The minimum absolute atomic E-state index is 0.0770. The number of nitrogens with one attached hydrogen (secondary N) is 1. The lowest BCUT2D eigenvalue weighted by Crippen LogP contribution is -2.24. The van der Waals surface area contributed by atoms with Gasteiger partial charge in [-0.2, -0.15) is 0 Å². The van der Waals surface area contributed by atoms with E-state index in [0.29, 0.717) is 6.54 Å². The number of nitrogens with zero attached hydrogens (tertiary/aromatic N) is 3. The lowest BCUT2D eigenvalue weighted by molar-refractivity contribution is -0.146. The van der Waals surface area contributed by atoms with Crippen molar-refractivity contribution in [1.29, 1.82) is 0 Å². The standard InChI is InChI=1S/C23H27BrN4O4/c1-30-17-8-7-16(18(12-17)31-2)13-26-21-19-20(24)27-22(28(19)10-9-25-21)14-5-4-6-15(11-14)23(29)32-3/h7-10,12,14-15H,4-6,11,13H2,1-3H3,(H,25,26). The van der Waals surface area contributed by atoms with E-state index in [1.54, 1.807) is 20.4 Å². The number of methoxy groups -OCH3 is 3. The van der Waals surface area contributed by atoms with E-state index in [9.17, 15) is 4.79 Å². The zero-order chi connectivity index (χ0) is 22.7. The van der Waals surface area contributed by atoms with Gasteiger partial charge in [0.2, 0.25) is 0 Å². The van der Waals surface area contributed by atoms with Gasteiger partial charge in [0.25, 0.3) is 0 Å². The number of halogens is 1. The van der Waals surface area contributed by atoms with Crippen LogP contribution in [0.1, 0.15) is 43.0 Å². The zero-order valence-electron chi connectivity index (χ0n) is 18.4. The molecule has 4 rings (SSSR count). The lowest BCUT2D eigenvalue weighted by atomic mass is 9.81. The Hall–Kier alpha value is -2.81. The van der Waals surface area contributed by atoms with Gasteiger partial charge in [0.05, 0.1) is 27.2 Å². The highest BCUT2D eigenvalue weighted by Crippen LogP contribution is 2.38. The van der Waals surface area contributed by atoms with Crippen molar-refractivity contribution >= 4 is 33.2 Å². The minimum Gasteiger partial charge on any atom is -0.497 e. The molecular formula is C23H27BrN4O4. The van der Waals surface area contributed by atoms with Crippen molar-refractivity contribution in [2.45, 2.75) is 38.1 Å². The average Bonchev–Trinajstić information content (AvgIpc) is 3.19. The highest BCUT2D eigenvalue weighted by molar-refractivity contribution is 9.10. The van der Waals surface area contributed by atoms with Crippen molar-refractivity contribution in [3.8, 4) is 11.5 Å². The fraction of sp³-hybridized carbons (Fsp3) is 0.435. The number of ether oxygens (including phenoxy) is 3. The monoisotopic (exact) mass is 502 g/mol. The Kier molecular flexibility index (Phi) is 6.83. The smallest absolute Gasteiger partial charge is 0.308 e. The molecule has 2 unspecified atom stereocenters. The molecule has 0 radical (unpaired) electrons. The number of carbonyl (C=O) groups is 1. The number of esters is 1. The number of imidazole rings is 1. The molecule has 32 heavy (non-hydrogen) atoms. The molecule has 2 heterocycles. The predicted molar refractivity (Wildman–Crippen MR) is 124 cm³/mol. The SMILES string of the molecule is COC(=O)C1CCCC(c2nc(Br)c3c(NCc4ccc(OC)cc4OC)nccn23)C1. The third kappa shape index (κ3) is 4.39. The van der Waals surface area contributed by atoms with Gasteiger partial charge >= 0.3 is 5.97 Å². The summed E-state index contributed by atoms with van der Waals surface area (Å²) in [4.78, 5) is 21.4. The summed E-state index contributed by atoms with van der Waals surface area (Å²) in [6, 6.07) is 5.73. The molecule has 1 aliphatic rings. The number of hydrogen-bond donors (Lipinski definition) is 1. The molecule has 1 aliphatic carbocycles. The van der Waals surface area contributed by atoms with E-state index in [0.717, 1.165) is 64.5 Å². The molecule has 1 saturated carbocycles. The molecule has 2 atom stereocenters. The first kappa shape index (κ1) is 22.4. The van der Waals surface area contributed by atoms with Crippen LogP contribution in [-0.4, -0.2) is 41.7 Å². The molecule has 1 aromatic carbocycles. The van der Waals surface area contributed by atoms with E-state index in [4.69, 9.17) is 19.2 Å². The Bertz CT molecular complexity index is 1120. The van der Waals surface area contributed by atoms with Crippen LogP contribution in [0.25, 0.3) is 5.52 Å². The van der Waals surface area contributed by atoms with E-state index >= 15 is 0 Å². The molecule has 0 amide bonds. The number of carbonyl (C=O) groups excluding carboxylic acids is 1. The first-order valence-electron chi connectivity index (χ1n) is 10.6. The van der Waals surface area contributed by atoms with Gasteiger partial charge in [0, 0.05) is 36.5 Å². The van der Waals surface area contributed by atoms with Crippen LogP contribution in [-0.2, 0) is 16.1 Å². The van der Waals surface area contributed by atoms with Crippen molar-refractivity contribution in [2.75, 3.05) is 26.6 Å². The molecule has 1 fully saturated rings. The van der Waals surface area contributed by atoms with Crippen LogP contribution in [0.4, 0.5) is 5.82 Å². The third-order valence-electron chi connectivity index (χ3n) is 6.05. The van der Waals surface area contributed by atoms with Gasteiger partial charge in [-0.1, -0.05) is 6.42 Å². The fourth-order valence-electron chi connectivity index (χ4n) is 4.42. The maximum Gasteiger partial charge on any atom is 0.308 e. The van der Waals surface area contributed by atoms with Gasteiger partial charge in [0.15, 0.2) is 5.82 Å². The summed E-state index contributed by atoms with van der Waals surface area (Å²) in [7, 11) is 4.73. The Labute approximate surface area is 195 Å². The van der Waals surface area contributed by atoms with Crippen LogP contribution >= 0.6 is 15.9 Å². The minimum atomic E-state index is -0.132. The largest absolute Gasteiger partial charge is 0.497 e. The van der Waals surface area contributed by atoms with E-state index in [1.165, 1.54) is 7.11 Å². The molecule has 0 aliphatic heterocycles. The molecule has 8 nitrogen and oxygen atoms in total. The Balaban J connectivity index is 1.60. The summed E-state index contributed by atoms with van der Waals surface area (Å²) in [6.07, 6.45) is 7.26. The maximum atomic E-state index is 12.1. The highest BCUT2D eigenvalue weighted by Gasteiger charge is 2.31. The summed E-state index contributed by atoms with van der Waals surface area (Å²) < 4.78 is 18.6. The van der Waals surface area contributed by atoms with Crippen molar-refractivity contribution in [2.24, 2.45) is 5.92 Å². The van der Waals surface area contributed by atoms with Crippen LogP contribution < -0.4 is 14.8 Å². The molecule has 3 aromatic rings. The van der Waals surface area contributed by atoms with Gasteiger partial charge in [-0.05, 0) is 47.3 Å². The number of rotatable bonds is 7. The summed E-state index contributed by atoms with van der Waals surface area (Å²) in [5.74, 6) is 3.12. The molecule has 1 N–H and O–H groups in total. The normalized spacial score (nSPS) is 18.4. The Morgan fingerprint density at radius 3 is 2.84 bits per heavy atom. The van der Waals surface area contributed by atoms with Crippen LogP contribution in [0.3, 0.4) is 0 Å². The Morgan fingerprint density at radius 1 is 1.25 bits per heavy atom. The fourth-order valence-corrected chi connectivity index (χ4v) is 4.98. The van der Waals surface area contributed by atoms with Gasteiger partial charge in [-0.3, -0.25) is 9.20 Å². The topological polar surface area (TPSA) is 87.0 Å². The van der Waals surface area contributed by atoms with Crippen molar-refractivity contribution in [1.82, 2.24) is 14.4 Å². The van der Waals surface area contributed by atoms with E-state index < -0.39 is 0 Å². The average molecular weight is 503 g/mol. The summed E-state index contributed by atoms with van der Waals surface area (Å²) in [5.41, 5.74) is 1.86. The summed E-state index contributed by atoms with van der Waals surface area (Å²) in [5, 5.41) is 3.41. The molecule has 2 aromatic heterocycles. The van der Waals surface area contributed by atoms with E-state index in [1.807, 2.05) is 24.4 Å². The van der Waals surface area contributed by atoms with Gasteiger partial charge < -0.3 is 19.5 Å².